The second-order valence-electron chi connectivity index (χ2n) is 2.43. The van der Waals surface area contributed by atoms with Gasteiger partial charge in [0, 0.05) is 12.4 Å². The van der Waals surface area contributed by atoms with Crippen LogP contribution in [0.25, 0.3) is 5.95 Å². The highest BCUT2D eigenvalue weighted by atomic mass is 32.1. The molecule has 0 aliphatic heterocycles. The molecule has 0 aliphatic carbocycles. The van der Waals surface area contributed by atoms with E-state index in [9.17, 15) is 0 Å². The molecule has 0 unspecified atom stereocenters. The lowest BCUT2D eigenvalue weighted by atomic mass is 10.6. The summed E-state index contributed by atoms with van der Waals surface area (Å²) in [6.07, 6.45) is 4.69. The Morgan fingerprint density at radius 2 is 2.00 bits per heavy atom. The smallest absolute Gasteiger partial charge is 0.251 e. The van der Waals surface area contributed by atoms with Crippen molar-refractivity contribution >= 4 is 17.2 Å². The fourth-order valence-electron chi connectivity index (χ4n) is 0.882. The summed E-state index contributed by atoms with van der Waals surface area (Å²) in [7, 11) is 0. The Kier molecular flexibility index (Phi) is 2.15. The van der Waals surface area contributed by atoms with Gasteiger partial charge in [-0.15, -0.1) is 5.10 Å². The molecule has 2 aromatic rings. The number of aromatic nitrogens is 5. The van der Waals surface area contributed by atoms with Gasteiger partial charge < -0.3 is 5.73 Å². The van der Waals surface area contributed by atoms with Gasteiger partial charge in [0.2, 0.25) is 5.82 Å². The number of hydrogen-bond donors (Lipinski definition) is 1. The number of hydrogen-bond acceptors (Lipinski definition) is 5. The zero-order valence-corrected chi connectivity index (χ0v) is 7.85. The highest BCUT2D eigenvalue weighted by molar-refractivity contribution is 7.80. The molecule has 2 rings (SSSR count). The number of rotatable bonds is 2. The third-order valence-corrected chi connectivity index (χ3v) is 1.65. The minimum Gasteiger partial charge on any atom is -0.387 e. The molecular formula is C7H6N6S. The van der Waals surface area contributed by atoms with Gasteiger partial charge in [-0.25, -0.2) is 15.0 Å². The van der Waals surface area contributed by atoms with Crippen LogP contribution in [0.2, 0.25) is 0 Å². The molecule has 0 aliphatic rings. The van der Waals surface area contributed by atoms with Crippen molar-refractivity contribution in [2.24, 2.45) is 5.73 Å². The summed E-state index contributed by atoms with van der Waals surface area (Å²) in [5.74, 6) is 0.745. The Balaban J connectivity index is 2.39. The van der Waals surface area contributed by atoms with E-state index in [0.717, 1.165) is 0 Å². The average molecular weight is 206 g/mol. The van der Waals surface area contributed by atoms with Gasteiger partial charge in [0.05, 0.1) is 0 Å². The molecule has 2 heterocycles. The Hall–Kier alpha value is -1.89. The van der Waals surface area contributed by atoms with Crippen LogP contribution in [-0.4, -0.2) is 29.7 Å². The van der Waals surface area contributed by atoms with Gasteiger partial charge in [0.15, 0.2) is 0 Å². The van der Waals surface area contributed by atoms with E-state index in [0.29, 0.717) is 11.8 Å². The van der Waals surface area contributed by atoms with Crippen LogP contribution in [0.4, 0.5) is 0 Å². The topological polar surface area (TPSA) is 82.5 Å². The molecule has 70 valence electrons. The molecular weight excluding hydrogens is 200 g/mol. The molecule has 0 fully saturated rings. The number of thiocarbonyl (C=S) groups is 1. The quantitative estimate of drug-likeness (QED) is 0.679. The molecule has 6 nitrogen and oxygen atoms in total. The van der Waals surface area contributed by atoms with Crippen molar-refractivity contribution in [1.82, 2.24) is 24.7 Å². The van der Waals surface area contributed by atoms with Crippen LogP contribution in [0.5, 0.6) is 0 Å². The SMILES string of the molecule is NC(=S)c1ncn(-c2ncccn2)n1. The highest BCUT2D eigenvalue weighted by Gasteiger charge is 2.05. The number of nitrogens with zero attached hydrogens (tertiary/aromatic N) is 5. The monoisotopic (exact) mass is 206 g/mol. The zero-order chi connectivity index (χ0) is 9.97. The lowest BCUT2D eigenvalue weighted by Gasteiger charge is -1.94. The van der Waals surface area contributed by atoms with E-state index in [1.54, 1.807) is 18.5 Å². The summed E-state index contributed by atoms with van der Waals surface area (Å²) in [4.78, 5) is 12.0. The minimum atomic E-state index is 0.152. The first-order valence-electron chi connectivity index (χ1n) is 3.76. The molecule has 7 heteroatoms. The molecule has 0 saturated carbocycles. The Labute approximate surface area is 84.8 Å². The van der Waals surface area contributed by atoms with Crippen molar-refractivity contribution in [2.75, 3.05) is 0 Å². The molecule has 0 aromatic carbocycles. The van der Waals surface area contributed by atoms with Crippen LogP contribution in [0, 0.1) is 0 Å². The highest BCUT2D eigenvalue weighted by Crippen LogP contribution is 1.96. The Morgan fingerprint density at radius 3 is 2.57 bits per heavy atom. The molecule has 0 radical (unpaired) electrons. The van der Waals surface area contributed by atoms with Gasteiger partial charge in [-0.1, -0.05) is 12.2 Å². The van der Waals surface area contributed by atoms with Gasteiger partial charge >= 0.3 is 0 Å². The maximum atomic E-state index is 5.36. The van der Waals surface area contributed by atoms with E-state index in [2.05, 4.69) is 20.1 Å². The summed E-state index contributed by atoms with van der Waals surface area (Å²) in [6.45, 7) is 0. The molecule has 0 bridgehead atoms. The second kappa shape index (κ2) is 3.46. The molecule has 0 amide bonds. The van der Waals surface area contributed by atoms with E-state index < -0.39 is 0 Å². The van der Waals surface area contributed by atoms with Gasteiger partial charge in [-0.2, -0.15) is 4.68 Å². The van der Waals surface area contributed by atoms with Crippen molar-refractivity contribution < 1.29 is 0 Å². The summed E-state index contributed by atoms with van der Waals surface area (Å²) < 4.78 is 1.41. The first kappa shape index (κ1) is 8.70. The van der Waals surface area contributed by atoms with Crippen LogP contribution in [0.1, 0.15) is 5.82 Å². The van der Waals surface area contributed by atoms with Crippen molar-refractivity contribution in [1.29, 1.82) is 0 Å². The number of nitrogens with two attached hydrogens (primary N) is 1. The summed E-state index contributed by atoms with van der Waals surface area (Å²) in [5, 5.41) is 3.99. The van der Waals surface area contributed by atoms with E-state index in [1.165, 1.54) is 11.0 Å². The second-order valence-corrected chi connectivity index (χ2v) is 2.87. The lowest BCUT2D eigenvalue weighted by molar-refractivity contribution is 0.804. The summed E-state index contributed by atoms with van der Waals surface area (Å²) in [5.41, 5.74) is 5.36. The summed E-state index contributed by atoms with van der Waals surface area (Å²) >= 11 is 4.72. The van der Waals surface area contributed by atoms with Crippen LogP contribution < -0.4 is 5.73 Å². The summed E-state index contributed by atoms with van der Waals surface area (Å²) in [6, 6.07) is 1.72. The maximum absolute atomic E-state index is 5.36. The fraction of sp³-hybridized carbons (Fsp3) is 0. The molecule has 0 atom stereocenters. The van der Waals surface area contributed by atoms with Gasteiger partial charge in [-0.3, -0.25) is 0 Å². The normalized spacial score (nSPS) is 10.0. The van der Waals surface area contributed by atoms with E-state index in [1.807, 2.05) is 0 Å². The fourth-order valence-corrected chi connectivity index (χ4v) is 0.975. The van der Waals surface area contributed by atoms with Gasteiger partial charge in [0.1, 0.15) is 11.3 Å². The largest absolute Gasteiger partial charge is 0.387 e. The van der Waals surface area contributed by atoms with Crippen LogP contribution >= 0.6 is 12.2 Å². The molecule has 0 spiro atoms. The van der Waals surface area contributed by atoms with Crippen molar-refractivity contribution in [3.8, 4) is 5.95 Å². The standard InChI is InChI=1S/C7H6N6S/c8-5(14)6-11-4-13(12-6)7-9-2-1-3-10-7/h1-4H,(H2,8,14). The van der Waals surface area contributed by atoms with Crippen LogP contribution in [0.3, 0.4) is 0 Å². The van der Waals surface area contributed by atoms with Crippen LogP contribution in [0.15, 0.2) is 24.8 Å². The Bertz CT molecular complexity index is 450. The van der Waals surface area contributed by atoms with E-state index in [-0.39, 0.29) is 4.99 Å². The van der Waals surface area contributed by atoms with Gasteiger partial charge in [0.25, 0.3) is 5.95 Å². The molecule has 0 saturated heterocycles. The molecule has 2 N–H and O–H groups in total. The first-order valence-corrected chi connectivity index (χ1v) is 4.17. The predicted octanol–water partition coefficient (Wildman–Crippen LogP) is -0.308. The zero-order valence-electron chi connectivity index (χ0n) is 7.03. The Morgan fingerprint density at radius 1 is 1.29 bits per heavy atom. The maximum Gasteiger partial charge on any atom is 0.251 e. The third kappa shape index (κ3) is 1.57. The van der Waals surface area contributed by atoms with Crippen molar-refractivity contribution in [3.05, 3.63) is 30.6 Å². The minimum absolute atomic E-state index is 0.152. The third-order valence-electron chi connectivity index (χ3n) is 1.47. The van der Waals surface area contributed by atoms with Crippen LogP contribution in [-0.2, 0) is 0 Å². The van der Waals surface area contributed by atoms with E-state index in [4.69, 9.17) is 18.0 Å². The first-order chi connectivity index (χ1) is 6.77. The molecule has 2 aromatic heterocycles. The van der Waals surface area contributed by atoms with Gasteiger partial charge in [-0.05, 0) is 6.07 Å². The predicted molar refractivity (Wildman–Crippen MR) is 52.8 cm³/mol. The molecule has 14 heavy (non-hydrogen) atoms. The van der Waals surface area contributed by atoms with Crippen molar-refractivity contribution in [2.45, 2.75) is 0 Å². The average Bonchev–Trinajstić information content (AvgIpc) is 2.68. The van der Waals surface area contributed by atoms with Crippen molar-refractivity contribution in [3.63, 3.8) is 0 Å². The van der Waals surface area contributed by atoms with E-state index >= 15 is 0 Å². The lowest BCUT2D eigenvalue weighted by Crippen LogP contribution is -2.12.